The van der Waals surface area contributed by atoms with Gasteiger partial charge in [0, 0.05) is 5.57 Å². The van der Waals surface area contributed by atoms with Crippen molar-refractivity contribution in [2.45, 2.75) is 12.8 Å². The van der Waals surface area contributed by atoms with Gasteiger partial charge in [-0.05, 0) is 36.5 Å². The quantitative estimate of drug-likeness (QED) is 0.466. The number of fused-ring (bicyclic) bond motifs is 5. The van der Waals surface area contributed by atoms with E-state index in [0.717, 1.165) is 12.0 Å². The van der Waals surface area contributed by atoms with Crippen LogP contribution in [0.1, 0.15) is 12.8 Å². The summed E-state index contributed by atoms with van der Waals surface area (Å²) in [6.07, 6.45) is 9.07. The third kappa shape index (κ3) is 0.887. The van der Waals surface area contributed by atoms with E-state index < -0.39 is 0 Å². The maximum atomic E-state index is 11.5. The Morgan fingerprint density at radius 1 is 1.57 bits per heavy atom. The van der Waals surface area contributed by atoms with E-state index in [2.05, 4.69) is 18.2 Å². The first kappa shape index (κ1) is 8.27. The normalized spacial score (nSPS) is 42.5. The number of esters is 1. The minimum Gasteiger partial charge on any atom is -0.466 e. The number of hydrogen-bond donors (Lipinski definition) is 0. The Balaban J connectivity index is 1.91. The fraction of sp³-hybridized carbons (Fsp3) is 0.583. The van der Waals surface area contributed by atoms with E-state index in [4.69, 9.17) is 4.74 Å². The third-order valence-corrected chi connectivity index (χ3v) is 4.01. The molecule has 1 saturated carbocycles. The summed E-state index contributed by atoms with van der Waals surface area (Å²) in [5.74, 6) is 2.39. The summed E-state index contributed by atoms with van der Waals surface area (Å²) in [5.41, 5.74) is 0.947. The van der Waals surface area contributed by atoms with Gasteiger partial charge in [0.15, 0.2) is 0 Å². The highest BCUT2D eigenvalue weighted by atomic mass is 16.5. The van der Waals surface area contributed by atoms with E-state index in [1.54, 1.807) is 0 Å². The fourth-order valence-corrected chi connectivity index (χ4v) is 3.44. The molecule has 4 atom stereocenters. The summed E-state index contributed by atoms with van der Waals surface area (Å²) in [5, 5.41) is 0. The van der Waals surface area contributed by atoms with Crippen LogP contribution < -0.4 is 0 Å². The number of hydrogen-bond acceptors (Lipinski definition) is 2. The molecule has 3 aliphatic rings. The molecule has 2 heteroatoms. The van der Waals surface area contributed by atoms with Crippen LogP contribution in [0.15, 0.2) is 23.8 Å². The van der Waals surface area contributed by atoms with Crippen LogP contribution in [-0.2, 0) is 9.53 Å². The molecule has 0 aromatic heterocycles. The molecular formula is C12H14O2. The van der Waals surface area contributed by atoms with Gasteiger partial charge in [-0.25, -0.2) is 4.79 Å². The molecule has 74 valence electrons. The molecule has 0 amide bonds. The summed E-state index contributed by atoms with van der Waals surface area (Å²) in [7, 11) is 1.47. The van der Waals surface area contributed by atoms with Gasteiger partial charge in [0.05, 0.1) is 7.11 Å². The van der Waals surface area contributed by atoms with Gasteiger partial charge in [-0.2, -0.15) is 0 Å². The zero-order valence-corrected chi connectivity index (χ0v) is 8.27. The van der Waals surface area contributed by atoms with E-state index in [0.29, 0.717) is 23.7 Å². The van der Waals surface area contributed by atoms with Crippen LogP contribution in [0.2, 0.25) is 0 Å². The lowest BCUT2D eigenvalue weighted by atomic mass is 9.81. The second kappa shape index (κ2) is 2.72. The van der Waals surface area contributed by atoms with Crippen LogP contribution in [-0.4, -0.2) is 13.1 Å². The van der Waals surface area contributed by atoms with Crippen molar-refractivity contribution in [2.75, 3.05) is 7.11 Å². The number of methoxy groups -OCH3 is 1. The lowest BCUT2D eigenvalue weighted by molar-refractivity contribution is -0.136. The zero-order valence-electron chi connectivity index (χ0n) is 8.27. The van der Waals surface area contributed by atoms with Crippen LogP contribution in [0, 0.1) is 23.7 Å². The Hall–Kier alpha value is -1.05. The lowest BCUT2D eigenvalue weighted by Gasteiger charge is -2.23. The molecule has 0 aliphatic heterocycles. The second-order valence-electron chi connectivity index (χ2n) is 4.52. The highest BCUT2D eigenvalue weighted by Gasteiger charge is 2.49. The lowest BCUT2D eigenvalue weighted by Crippen LogP contribution is -2.21. The average molecular weight is 190 g/mol. The van der Waals surface area contributed by atoms with Gasteiger partial charge < -0.3 is 4.74 Å². The molecule has 2 nitrogen and oxygen atoms in total. The highest BCUT2D eigenvalue weighted by Crippen LogP contribution is 2.55. The molecule has 0 aromatic rings. The summed E-state index contributed by atoms with van der Waals surface area (Å²) < 4.78 is 4.81. The zero-order chi connectivity index (χ0) is 9.71. The molecule has 1 fully saturated rings. The van der Waals surface area contributed by atoms with Gasteiger partial charge in [-0.1, -0.05) is 18.2 Å². The standard InChI is InChI=1S/C12H14O2/c1-14-12(13)11-6-7-5-10(11)9-4-2-3-8(7)9/h2-3,6-10H,4-5H2,1H3. The molecule has 0 N–H and O–H groups in total. The van der Waals surface area contributed by atoms with E-state index in [1.165, 1.54) is 13.5 Å². The Morgan fingerprint density at radius 3 is 3.21 bits per heavy atom. The largest absolute Gasteiger partial charge is 0.466 e. The van der Waals surface area contributed by atoms with Crippen molar-refractivity contribution in [3.8, 4) is 0 Å². The third-order valence-electron chi connectivity index (χ3n) is 4.01. The number of carbonyl (C=O) groups excluding carboxylic acids is 1. The average Bonchev–Trinajstić information content (AvgIpc) is 2.86. The number of rotatable bonds is 1. The molecular weight excluding hydrogens is 176 g/mol. The summed E-state index contributed by atoms with van der Waals surface area (Å²) in [6.45, 7) is 0. The first-order chi connectivity index (χ1) is 6.81. The molecule has 0 radical (unpaired) electrons. The van der Waals surface area contributed by atoms with Crippen LogP contribution in [0.5, 0.6) is 0 Å². The Bertz CT molecular complexity index is 340. The first-order valence-electron chi connectivity index (χ1n) is 5.28. The van der Waals surface area contributed by atoms with Crippen LogP contribution in [0.4, 0.5) is 0 Å². The van der Waals surface area contributed by atoms with E-state index >= 15 is 0 Å². The van der Waals surface area contributed by atoms with Gasteiger partial charge in [-0.3, -0.25) is 0 Å². The van der Waals surface area contributed by atoms with Crippen LogP contribution >= 0.6 is 0 Å². The van der Waals surface area contributed by atoms with Crippen LogP contribution in [0.25, 0.3) is 0 Å². The Labute approximate surface area is 83.6 Å². The molecule has 0 aromatic carbocycles. The monoisotopic (exact) mass is 190 g/mol. The van der Waals surface area contributed by atoms with Gasteiger partial charge in [0.2, 0.25) is 0 Å². The molecule has 3 aliphatic carbocycles. The van der Waals surface area contributed by atoms with Crippen LogP contribution in [0.3, 0.4) is 0 Å². The van der Waals surface area contributed by atoms with Gasteiger partial charge in [0.1, 0.15) is 0 Å². The van der Waals surface area contributed by atoms with Crippen molar-refractivity contribution >= 4 is 5.97 Å². The molecule has 0 spiro atoms. The minimum atomic E-state index is -0.108. The first-order valence-corrected chi connectivity index (χ1v) is 5.28. The number of allylic oxidation sites excluding steroid dienone is 3. The van der Waals surface area contributed by atoms with Gasteiger partial charge in [-0.15, -0.1) is 0 Å². The topological polar surface area (TPSA) is 26.3 Å². The number of carbonyl (C=O) groups is 1. The minimum absolute atomic E-state index is 0.108. The van der Waals surface area contributed by atoms with Gasteiger partial charge >= 0.3 is 5.97 Å². The number of ether oxygens (including phenoxy) is 1. The van der Waals surface area contributed by atoms with E-state index in [9.17, 15) is 4.79 Å². The van der Waals surface area contributed by atoms with Crippen molar-refractivity contribution in [3.63, 3.8) is 0 Å². The summed E-state index contributed by atoms with van der Waals surface area (Å²) in [6, 6.07) is 0. The predicted molar refractivity (Wildman–Crippen MR) is 52.4 cm³/mol. The van der Waals surface area contributed by atoms with E-state index in [-0.39, 0.29) is 5.97 Å². The maximum absolute atomic E-state index is 11.5. The van der Waals surface area contributed by atoms with Crippen molar-refractivity contribution in [2.24, 2.45) is 23.7 Å². The SMILES string of the molecule is COC(=O)C1=CC2CC1C1CC=CC21. The molecule has 4 unspecified atom stereocenters. The molecule has 0 saturated heterocycles. The molecule has 14 heavy (non-hydrogen) atoms. The Morgan fingerprint density at radius 2 is 2.43 bits per heavy atom. The highest BCUT2D eigenvalue weighted by molar-refractivity contribution is 5.90. The molecule has 3 rings (SSSR count). The second-order valence-corrected chi connectivity index (χ2v) is 4.52. The van der Waals surface area contributed by atoms with E-state index in [1.807, 2.05) is 0 Å². The Kier molecular flexibility index (Phi) is 1.61. The van der Waals surface area contributed by atoms with Crippen molar-refractivity contribution in [1.29, 1.82) is 0 Å². The van der Waals surface area contributed by atoms with Crippen molar-refractivity contribution < 1.29 is 9.53 Å². The predicted octanol–water partition coefficient (Wildman–Crippen LogP) is 1.93. The van der Waals surface area contributed by atoms with Crippen molar-refractivity contribution in [3.05, 3.63) is 23.8 Å². The summed E-state index contributed by atoms with van der Waals surface area (Å²) in [4.78, 5) is 11.5. The fourth-order valence-electron chi connectivity index (χ4n) is 3.44. The maximum Gasteiger partial charge on any atom is 0.333 e. The van der Waals surface area contributed by atoms with Gasteiger partial charge in [0.25, 0.3) is 0 Å². The summed E-state index contributed by atoms with van der Waals surface area (Å²) >= 11 is 0. The van der Waals surface area contributed by atoms with Crippen molar-refractivity contribution in [1.82, 2.24) is 0 Å². The molecule has 0 heterocycles. The smallest absolute Gasteiger partial charge is 0.333 e. The molecule has 2 bridgehead atoms.